The van der Waals surface area contributed by atoms with E-state index in [1.54, 1.807) is 18.5 Å². The zero-order chi connectivity index (χ0) is 19.0. The molecule has 0 spiro atoms. The fourth-order valence-corrected chi connectivity index (χ4v) is 3.44. The van der Waals surface area contributed by atoms with Crippen molar-refractivity contribution < 1.29 is 17.9 Å². The average molecular weight is 398 g/mol. The second kappa shape index (κ2) is 9.51. The normalized spacial score (nSPS) is 11.2. The predicted molar refractivity (Wildman–Crippen MR) is 98.5 cm³/mol. The summed E-state index contributed by atoms with van der Waals surface area (Å²) in [6.45, 7) is 2.31. The molecule has 1 heterocycles. The van der Waals surface area contributed by atoms with Crippen LogP contribution in [0.3, 0.4) is 0 Å². The maximum absolute atomic E-state index is 12.1. The van der Waals surface area contributed by atoms with Crippen LogP contribution in [0.25, 0.3) is 0 Å². The molecule has 2 aromatic rings. The van der Waals surface area contributed by atoms with Crippen LogP contribution < -0.4 is 14.8 Å². The lowest BCUT2D eigenvalue weighted by Crippen LogP contribution is -2.28. The summed E-state index contributed by atoms with van der Waals surface area (Å²) in [6.07, 6.45) is 3.99. The van der Waals surface area contributed by atoms with Gasteiger partial charge in [0.15, 0.2) is 6.61 Å². The van der Waals surface area contributed by atoms with Crippen molar-refractivity contribution in [3.8, 4) is 5.75 Å². The molecule has 1 aromatic heterocycles. The van der Waals surface area contributed by atoms with Crippen molar-refractivity contribution in [2.45, 2.75) is 24.8 Å². The summed E-state index contributed by atoms with van der Waals surface area (Å²) < 4.78 is 31.9. The molecular formula is C17H20ClN3O4S. The molecule has 2 N–H and O–H groups in total. The van der Waals surface area contributed by atoms with E-state index in [1.165, 1.54) is 18.2 Å². The summed E-state index contributed by atoms with van der Waals surface area (Å²) >= 11 is 6.07. The number of carbonyl (C=O) groups is 1. The van der Waals surface area contributed by atoms with Crippen LogP contribution in [-0.2, 0) is 21.4 Å². The summed E-state index contributed by atoms with van der Waals surface area (Å²) in [5.41, 5.74) is 0.869. The molecule has 140 valence electrons. The molecule has 0 saturated carbocycles. The molecule has 0 fully saturated rings. The Morgan fingerprint density at radius 3 is 2.77 bits per heavy atom. The second-order valence-corrected chi connectivity index (χ2v) is 7.59. The van der Waals surface area contributed by atoms with Crippen LogP contribution in [0, 0.1) is 0 Å². The third-order valence-electron chi connectivity index (χ3n) is 3.33. The predicted octanol–water partition coefficient (Wildman–Crippen LogP) is 2.12. The van der Waals surface area contributed by atoms with Gasteiger partial charge in [-0.25, -0.2) is 13.1 Å². The van der Waals surface area contributed by atoms with Gasteiger partial charge in [0.2, 0.25) is 10.0 Å². The number of nitrogens with one attached hydrogen (secondary N) is 2. The Labute approximate surface area is 157 Å². The largest absolute Gasteiger partial charge is 0.482 e. The fourth-order valence-electron chi connectivity index (χ4n) is 1.98. The van der Waals surface area contributed by atoms with Gasteiger partial charge in [-0.3, -0.25) is 9.78 Å². The number of hydrogen-bond donors (Lipinski definition) is 2. The Balaban J connectivity index is 1.90. The maximum atomic E-state index is 12.1. The first-order valence-corrected chi connectivity index (χ1v) is 9.86. The van der Waals surface area contributed by atoms with Crippen LogP contribution in [0.2, 0.25) is 5.02 Å². The van der Waals surface area contributed by atoms with Gasteiger partial charge >= 0.3 is 0 Å². The van der Waals surface area contributed by atoms with Crippen LogP contribution in [-0.4, -0.2) is 32.5 Å². The number of aromatic nitrogens is 1. The molecular weight excluding hydrogens is 378 g/mol. The number of carbonyl (C=O) groups excluding carboxylic acids is 1. The monoisotopic (exact) mass is 397 g/mol. The topological polar surface area (TPSA) is 97.4 Å². The lowest BCUT2D eigenvalue weighted by atomic mass is 10.3. The molecule has 2 rings (SSSR count). The number of rotatable bonds is 9. The number of pyridine rings is 1. The summed E-state index contributed by atoms with van der Waals surface area (Å²) in [4.78, 5) is 15.8. The third kappa shape index (κ3) is 5.98. The van der Waals surface area contributed by atoms with Crippen molar-refractivity contribution in [2.75, 3.05) is 13.2 Å². The number of amides is 1. The van der Waals surface area contributed by atoms with Crippen molar-refractivity contribution >= 4 is 27.5 Å². The van der Waals surface area contributed by atoms with E-state index in [4.69, 9.17) is 16.3 Å². The SMILES string of the molecule is CCCNS(=O)(=O)c1ccc(OCC(=O)NCc2cccnc2)c(Cl)c1. The van der Waals surface area contributed by atoms with Crippen LogP contribution in [0.1, 0.15) is 18.9 Å². The summed E-state index contributed by atoms with van der Waals surface area (Å²) in [6, 6.07) is 7.73. The molecule has 0 aliphatic carbocycles. The Morgan fingerprint density at radius 1 is 1.31 bits per heavy atom. The Bertz CT molecular complexity index is 844. The zero-order valence-corrected chi connectivity index (χ0v) is 15.8. The van der Waals surface area contributed by atoms with E-state index in [0.29, 0.717) is 19.5 Å². The van der Waals surface area contributed by atoms with Crippen LogP contribution >= 0.6 is 11.6 Å². The first kappa shape index (κ1) is 20.2. The minimum Gasteiger partial charge on any atom is -0.482 e. The molecule has 7 nitrogen and oxygen atoms in total. The first-order chi connectivity index (χ1) is 12.4. The number of hydrogen-bond acceptors (Lipinski definition) is 5. The molecule has 0 saturated heterocycles. The number of nitrogens with zero attached hydrogens (tertiary/aromatic N) is 1. The molecule has 1 amide bonds. The van der Waals surface area contributed by atoms with Gasteiger partial charge < -0.3 is 10.1 Å². The first-order valence-electron chi connectivity index (χ1n) is 8.00. The van der Waals surface area contributed by atoms with Gasteiger partial charge in [0, 0.05) is 25.5 Å². The van der Waals surface area contributed by atoms with Gasteiger partial charge in [0.1, 0.15) is 5.75 Å². The number of halogens is 1. The van der Waals surface area contributed by atoms with E-state index in [-0.39, 0.29) is 28.2 Å². The van der Waals surface area contributed by atoms with Crippen LogP contribution in [0.15, 0.2) is 47.6 Å². The van der Waals surface area contributed by atoms with Gasteiger partial charge in [-0.05, 0) is 36.2 Å². The molecule has 9 heteroatoms. The number of benzene rings is 1. The van der Waals surface area contributed by atoms with Crippen molar-refractivity contribution in [3.63, 3.8) is 0 Å². The highest BCUT2D eigenvalue weighted by Crippen LogP contribution is 2.27. The lowest BCUT2D eigenvalue weighted by Gasteiger charge is -2.11. The standard InChI is InChI=1S/C17H20ClN3O4S/c1-2-7-21-26(23,24)14-5-6-16(15(18)9-14)25-12-17(22)20-11-13-4-3-8-19-10-13/h3-6,8-10,21H,2,7,11-12H2,1H3,(H,20,22). The Hall–Kier alpha value is -2.16. The molecule has 0 radical (unpaired) electrons. The summed E-state index contributed by atoms with van der Waals surface area (Å²) in [7, 11) is -3.61. The summed E-state index contributed by atoms with van der Waals surface area (Å²) in [5.74, 6) is -0.0936. The Kier molecular flexibility index (Phi) is 7.38. The average Bonchev–Trinajstić information content (AvgIpc) is 2.64. The van der Waals surface area contributed by atoms with E-state index in [0.717, 1.165) is 5.56 Å². The molecule has 0 unspecified atom stereocenters. The fraction of sp³-hybridized carbons (Fsp3) is 0.294. The molecule has 0 aliphatic heterocycles. The minimum absolute atomic E-state index is 0.0457. The quantitative estimate of drug-likeness (QED) is 0.675. The molecule has 26 heavy (non-hydrogen) atoms. The van der Waals surface area contributed by atoms with Crippen molar-refractivity contribution in [1.82, 2.24) is 15.0 Å². The van der Waals surface area contributed by atoms with Crippen molar-refractivity contribution in [1.29, 1.82) is 0 Å². The van der Waals surface area contributed by atoms with Gasteiger partial charge in [-0.15, -0.1) is 0 Å². The van der Waals surface area contributed by atoms with E-state index in [1.807, 2.05) is 13.0 Å². The van der Waals surface area contributed by atoms with Crippen LogP contribution in [0.5, 0.6) is 5.75 Å². The highest BCUT2D eigenvalue weighted by molar-refractivity contribution is 7.89. The maximum Gasteiger partial charge on any atom is 0.258 e. The van der Waals surface area contributed by atoms with Gasteiger partial charge in [-0.1, -0.05) is 24.6 Å². The smallest absolute Gasteiger partial charge is 0.258 e. The molecule has 1 aromatic carbocycles. The third-order valence-corrected chi connectivity index (χ3v) is 5.08. The molecule has 0 atom stereocenters. The highest BCUT2D eigenvalue weighted by atomic mass is 35.5. The van der Waals surface area contributed by atoms with Gasteiger partial charge in [0.05, 0.1) is 9.92 Å². The lowest BCUT2D eigenvalue weighted by molar-refractivity contribution is -0.123. The molecule has 0 bridgehead atoms. The second-order valence-electron chi connectivity index (χ2n) is 5.42. The van der Waals surface area contributed by atoms with Gasteiger partial charge in [-0.2, -0.15) is 0 Å². The van der Waals surface area contributed by atoms with Crippen molar-refractivity contribution in [3.05, 3.63) is 53.3 Å². The van der Waals surface area contributed by atoms with Crippen LogP contribution in [0.4, 0.5) is 0 Å². The number of ether oxygens (including phenoxy) is 1. The molecule has 0 aliphatic rings. The highest BCUT2D eigenvalue weighted by Gasteiger charge is 2.15. The van der Waals surface area contributed by atoms with E-state index >= 15 is 0 Å². The van der Waals surface area contributed by atoms with E-state index in [2.05, 4.69) is 15.0 Å². The summed E-state index contributed by atoms with van der Waals surface area (Å²) in [5, 5.41) is 2.81. The van der Waals surface area contributed by atoms with E-state index in [9.17, 15) is 13.2 Å². The number of sulfonamides is 1. The van der Waals surface area contributed by atoms with Gasteiger partial charge in [0.25, 0.3) is 5.91 Å². The Morgan fingerprint density at radius 2 is 2.12 bits per heavy atom. The minimum atomic E-state index is -3.61. The zero-order valence-electron chi connectivity index (χ0n) is 14.2. The van der Waals surface area contributed by atoms with E-state index < -0.39 is 10.0 Å². The van der Waals surface area contributed by atoms with Crippen molar-refractivity contribution in [2.24, 2.45) is 0 Å².